The number of ether oxygens (including phenoxy) is 2. The molecule has 0 radical (unpaired) electrons. The van der Waals surface area contributed by atoms with Crippen molar-refractivity contribution in [2.45, 2.75) is 19.4 Å². The van der Waals surface area contributed by atoms with Gasteiger partial charge in [-0.1, -0.05) is 30.3 Å². The van der Waals surface area contributed by atoms with Crippen LogP contribution in [0, 0.1) is 5.41 Å². The van der Waals surface area contributed by atoms with Gasteiger partial charge >= 0.3 is 11.9 Å². The van der Waals surface area contributed by atoms with Gasteiger partial charge in [0, 0.05) is 0 Å². The van der Waals surface area contributed by atoms with Gasteiger partial charge < -0.3 is 14.6 Å². The fourth-order valence-electron chi connectivity index (χ4n) is 1.96. The van der Waals surface area contributed by atoms with E-state index >= 15 is 0 Å². The second-order valence-electron chi connectivity index (χ2n) is 4.68. The molecule has 1 rings (SSSR count). The molecule has 0 spiro atoms. The molecule has 0 aromatic heterocycles. The van der Waals surface area contributed by atoms with Crippen LogP contribution in [0.15, 0.2) is 30.3 Å². The van der Waals surface area contributed by atoms with E-state index in [0.29, 0.717) is 0 Å². The van der Waals surface area contributed by atoms with Crippen LogP contribution in [-0.2, 0) is 24.7 Å². The monoisotopic (exact) mass is 266 g/mol. The van der Waals surface area contributed by atoms with E-state index in [0.717, 1.165) is 7.11 Å². The van der Waals surface area contributed by atoms with Crippen molar-refractivity contribution in [1.29, 1.82) is 0 Å². The predicted octanol–water partition coefficient (Wildman–Crippen LogP) is 1.25. The number of carbonyl (C=O) groups excluding carboxylic acids is 2. The Labute approximate surface area is 112 Å². The van der Waals surface area contributed by atoms with Crippen LogP contribution in [0.3, 0.4) is 0 Å². The van der Waals surface area contributed by atoms with Crippen LogP contribution in [-0.4, -0.2) is 31.3 Å². The maximum absolute atomic E-state index is 12.0. The lowest BCUT2D eigenvalue weighted by molar-refractivity contribution is -0.191. The topological polar surface area (TPSA) is 72.8 Å². The van der Waals surface area contributed by atoms with Gasteiger partial charge in [0.2, 0.25) is 5.60 Å². The van der Waals surface area contributed by atoms with E-state index in [1.807, 2.05) is 0 Å². The Morgan fingerprint density at radius 2 is 1.47 bits per heavy atom. The number of hydrogen-bond acceptors (Lipinski definition) is 5. The minimum atomic E-state index is -2.11. The molecular formula is C14H18O5. The molecule has 0 aliphatic rings. The first-order valence-electron chi connectivity index (χ1n) is 5.77. The van der Waals surface area contributed by atoms with Crippen molar-refractivity contribution >= 4 is 11.9 Å². The van der Waals surface area contributed by atoms with Gasteiger partial charge in [0.05, 0.1) is 14.2 Å². The molecular weight excluding hydrogens is 248 g/mol. The molecule has 104 valence electrons. The summed E-state index contributed by atoms with van der Waals surface area (Å²) in [7, 11) is 2.36. The van der Waals surface area contributed by atoms with E-state index in [4.69, 9.17) is 0 Å². The second-order valence-corrected chi connectivity index (χ2v) is 4.68. The Morgan fingerprint density at radius 3 is 1.89 bits per heavy atom. The van der Waals surface area contributed by atoms with Crippen LogP contribution in [0.5, 0.6) is 0 Å². The van der Waals surface area contributed by atoms with Gasteiger partial charge in [-0.25, -0.2) is 4.79 Å². The Bertz CT molecular complexity index is 466. The van der Waals surface area contributed by atoms with E-state index in [9.17, 15) is 14.7 Å². The highest BCUT2D eigenvalue weighted by Crippen LogP contribution is 2.41. The van der Waals surface area contributed by atoms with Gasteiger partial charge in [0.1, 0.15) is 5.41 Å². The SMILES string of the molecule is COC(=O)C(C)(C)[C@@](O)(C(=O)OC)c1ccccc1. The Hall–Kier alpha value is -1.88. The molecule has 0 bridgehead atoms. The van der Waals surface area contributed by atoms with Crippen molar-refractivity contribution in [3.8, 4) is 0 Å². The molecule has 0 unspecified atom stereocenters. The lowest BCUT2D eigenvalue weighted by Crippen LogP contribution is -2.53. The summed E-state index contributed by atoms with van der Waals surface area (Å²) in [4.78, 5) is 23.9. The summed E-state index contributed by atoms with van der Waals surface area (Å²) in [6, 6.07) is 8.18. The summed E-state index contributed by atoms with van der Waals surface area (Å²) < 4.78 is 9.32. The number of carbonyl (C=O) groups is 2. The lowest BCUT2D eigenvalue weighted by atomic mass is 9.70. The highest BCUT2D eigenvalue weighted by Gasteiger charge is 2.57. The average molecular weight is 266 g/mol. The minimum absolute atomic E-state index is 0.275. The van der Waals surface area contributed by atoms with Gasteiger partial charge in [0.25, 0.3) is 0 Å². The van der Waals surface area contributed by atoms with Crippen molar-refractivity contribution in [1.82, 2.24) is 0 Å². The first-order valence-corrected chi connectivity index (χ1v) is 5.77. The molecule has 5 nitrogen and oxygen atoms in total. The molecule has 0 aliphatic heterocycles. The summed E-state index contributed by atoms with van der Waals surface area (Å²) in [5.41, 5.74) is -3.33. The van der Waals surface area contributed by atoms with Gasteiger partial charge in [-0.05, 0) is 19.4 Å². The summed E-state index contributed by atoms with van der Waals surface area (Å²) in [5, 5.41) is 10.8. The van der Waals surface area contributed by atoms with Crippen molar-refractivity contribution < 1.29 is 24.2 Å². The molecule has 1 N–H and O–H groups in total. The van der Waals surface area contributed by atoms with Gasteiger partial charge in [-0.3, -0.25) is 4.79 Å². The highest BCUT2D eigenvalue weighted by molar-refractivity contribution is 5.90. The number of aliphatic hydroxyl groups is 1. The Kier molecular flexibility index (Phi) is 4.32. The summed E-state index contributed by atoms with van der Waals surface area (Å²) >= 11 is 0. The summed E-state index contributed by atoms with van der Waals surface area (Å²) in [5.74, 6) is -1.61. The maximum Gasteiger partial charge on any atom is 0.343 e. The molecule has 1 aromatic rings. The smallest absolute Gasteiger partial charge is 0.343 e. The molecule has 0 aliphatic carbocycles. The molecule has 5 heteroatoms. The first-order chi connectivity index (χ1) is 8.82. The number of benzene rings is 1. The number of esters is 2. The van der Waals surface area contributed by atoms with Crippen LogP contribution in [0.25, 0.3) is 0 Å². The fraction of sp³-hybridized carbons (Fsp3) is 0.429. The molecule has 19 heavy (non-hydrogen) atoms. The van der Waals surface area contributed by atoms with Gasteiger partial charge in [-0.2, -0.15) is 0 Å². The van der Waals surface area contributed by atoms with Crippen LogP contribution in [0.1, 0.15) is 19.4 Å². The number of rotatable bonds is 4. The van der Waals surface area contributed by atoms with Crippen LogP contribution in [0.4, 0.5) is 0 Å². The third kappa shape index (κ3) is 2.33. The maximum atomic E-state index is 12.0. The first kappa shape index (κ1) is 15.2. The van der Waals surface area contributed by atoms with Crippen molar-refractivity contribution in [2.75, 3.05) is 14.2 Å². The quantitative estimate of drug-likeness (QED) is 0.830. The molecule has 1 aromatic carbocycles. The van der Waals surface area contributed by atoms with E-state index < -0.39 is 23.0 Å². The number of methoxy groups -OCH3 is 2. The Balaban J connectivity index is 3.45. The van der Waals surface area contributed by atoms with Crippen molar-refractivity contribution in [3.63, 3.8) is 0 Å². The molecule has 1 atom stereocenters. The van der Waals surface area contributed by atoms with Crippen LogP contribution in [0.2, 0.25) is 0 Å². The fourth-order valence-corrected chi connectivity index (χ4v) is 1.96. The summed E-state index contributed by atoms with van der Waals surface area (Å²) in [6.45, 7) is 2.87. The predicted molar refractivity (Wildman–Crippen MR) is 68.2 cm³/mol. The standard InChI is InChI=1S/C14H18O5/c1-13(2,11(15)18-3)14(17,12(16)19-4)10-8-6-5-7-9-10/h5-9,17H,1-4H3/t14-/m0/s1. The largest absolute Gasteiger partial charge is 0.469 e. The van der Waals surface area contributed by atoms with E-state index in [-0.39, 0.29) is 5.56 Å². The third-order valence-corrected chi connectivity index (χ3v) is 3.27. The zero-order chi connectivity index (χ0) is 14.7. The van der Waals surface area contributed by atoms with Crippen molar-refractivity contribution in [3.05, 3.63) is 35.9 Å². The Morgan fingerprint density at radius 1 is 1.00 bits per heavy atom. The van der Waals surface area contributed by atoms with E-state index in [2.05, 4.69) is 9.47 Å². The minimum Gasteiger partial charge on any atom is -0.469 e. The average Bonchev–Trinajstić information content (AvgIpc) is 2.45. The van der Waals surface area contributed by atoms with E-state index in [1.165, 1.54) is 21.0 Å². The molecule has 0 amide bonds. The zero-order valence-corrected chi connectivity index (χ0v) is 11.5. The number of hydrogen-bond donors (Lipinski definition) is 1. The normalized spacial score (nSPS) is 14.4. The molecule has 0 heterocycles. The van der Waals surface area contributed by atoms with E-state index in [1.54, 1.807) is 30.3 Å². The molecule has 0 saturated heterocycles. The lowest BCUT2D eigenvalue weighted by Gasteiger charge is -2.38. The van der Waals surface area contributed by atoms with Gasteiger partial charge in [-0.15, -0.1) is 0 Å². The zero-order valence-electron chi connectivity index (χ0n) is 11.5. The van der Waals surface area contributed by atoms with Crippen LogP contribution < -0.4 is 0 Å². The molecule has 0 fully saturated rings. The second kappa shape index (κ2) is 5.40. The summed E-state index contributed by atoms with van der Waals surface area (Å²) in [6.07, 6.45) is 0. The van der Waals surface area contributed by atoms with Crippen molar-refractivity contribution in [2.24, 2.45) is 5.41 Å². The van der Waals surface area contributed by atoms with Crippen LogP contribution >= 0.6 is 0 Å². The molecule has 0 saturated carbocycles. The highest BCUT2D eigenvalue weighted by atomic mass is 16.5. The third-order valence-electron chi connectivity index (χ3n) is 3.27. The van der Waals surface area contributed by atoms with Gasteiger partial charge in [0.15, 0.2) is 0 Å².